The average molecular weight is 365 g/mol. The molecule has 0 aliphatic rings. The van der Waals surface area contributed by atoms with Crippen LogP contribution in [0.4, 0.5) is 9.52 Å². The molecule has 0 fully saturated rings. The van der Waals surface area contributed by atoms with Crippen molar-refractivity contribution in [3.8, 4) is 11.3 Å². The zero-order valence-corrected chi connectivity index (χ0v) is 14.4. The summed E-state index contributed by atoms with van der Waals surface area (Å²) in [5.41, 5.74) is 2.34. The van der Waals surface area contributed by atoms with E-state index < -0.39 is 5.82 Å². The van der Waals surface area contributed by atoms with Gasteiger partial charge in [0, 0.05) is 36.3 Å². The predicted molar refractivity (Wildman–Crippen MR) is 92.7 cm³/mol. The largest absolute Gasteiger partial charge is 0.338 e. The van der Waals surface area contributed by atoms with Crippen LogP contribution in [0.2, 0.25) is 5.02 Å². The first-order valence-corrected chi connectivity index (χ1v) is 8.44. The van der Waals surface area contributed by atoms with E-state index in [1.54, 1.807) is 24.0 Å². The van der Waals surface area contributed by atoms with E-state index in [1.807, 2.05) is 11.6 Å². The van der Waals surface area contributed by atoms with E-state index in [4.69, 9.17) is 11.6 Å². The van der Waals surface area contributed by atoms with Gasteiger partial charge in [-0.05, 0) is 24.6 Å². The Bertz CT molecular complexity index is 877. The minimum absolute atomic E-state index is 0.0438. The van der Waals surface area contributed by atoms with Gasteiger partial charge in [0.15, 0.2) is 5.13 Å². The average Bonchev–Trinajstić information content (AvgIpc) is 3.17. The molecule has 3 rings (SSSR count). The summed E-state index contributed by atoms with van der Waals surface area (Å²) in [4.78, 5) is 20.4. The van der Waals surface area contributed by atoms with E-state index in [0.717, 1.165) is 5.69 Å². The van der Waals surface area contributed by atoms with Crippen molar-refractivity contribution in [2.75, 3.05) is 5.32 Å². The Kier molecular flexibility index (Phi) is 4.92. The standard InChI is InChI=1S/C16H14ClFN4OS/c1-22-9-19-7-11(22)3-5-15(23)21-16-20-14(8-24-16)10-2-4-13(18)12(17)6-10/h2,4,6-9H,3,5H2,1H3,(H,20,21,23). The summed E-state index contributed by atoms with van der Waals surface area (Å²) < 4.78 is 15.1. The first-order chi connectivity index (χ1) is 11.5. The van der Waals surface area contributed by atoms with Crippen LogP contribution in [0.25, 0.3) is 11.3 Å². The molecule has 2 aromatic heterocycles. The van der Waals surface area contributed by atoms with E-state index in [2.05, 4.69) is 15.3 Å². The number of anilines is 1. The van der Waals surface area contributed by atoms with E-state index >= 15 is 0 Å². The SMILES string of the molecule is Cn1cncc1CCC(=O)Nc1nc(-c2ccc(F)c(Cl)c2)cs1. The van der Waals surface area contributed by atoms with Gasteiger partial charge in [-0.1, -0.05) is 11.6 Å². The molecule has 0 atom stereocenters. The summed E-state index contributed by atoms with van der Waals surface area (Å²) in [7, 11) is 1.89. The molecule has 0 bridgehead atoms. The van der Waals surface area contributed by atoms with Crippen molar-refractivity contribution < 1.29 is 9.18 Å². The number of rotatable bonds is 5. The number of halogens is 2. The summed E-state index contributed by atoms with van der Waals surface area (Å²) in [6, 6.07) is 4.41. The van der Waals surface area contributed by atoms with Gasteiger partial charge in [0.25, 0.3) is 0 Å². The number of nitrogens with one attached hydrogen (secondary N) is 1. The molecular formula is C16H14ClFN4OS. The summed E-state index contributed by atoms with van der Waals surface area (Å²) in [5, 5.41) is 5.11. The Labute approximate surface area is 147 Å². The van der Waals surface area contributed by atoms with Crippen molar-refractivity contribution in [1.82, 2.24) is 14.5 Å². The summed E-state index contributed by atoms with van der Waals surface area (Å²) in [6.45, 7) is 0. The molecule has 0 saturated heterocycles. The number of amides is 1. The lowest BCUT2D eigenvalue weighted by atomic mass is 10.2. The predicted octanol–water partition coefficient (Wildman–Crippen LogP) is 3.91. The highest BCUT2D eigenvalue weighted by Crippen LogP contribution is 2.28. The van der Waals surface area contributed by atoms with Gasteiger partial charge in [0.05, 0.1) is 17.0 Å². The van der Waals surface area contributed by atoms with E-state index in [-0.39, 0.29) is 10.9 Å². The first kappa shape index (κ1) is 16.6. The molecule has 3 aromatic rings. The van der Waals surface area contributed by atoms with Gasteiger partial charge < -0.3 is 9.88 Å². The van der Waals surface area contributed by atoms with Crippen LogP contribution >= 0.6 is 22.9 Å². The highest BCUT2D eigenvalue weighted by Gasteiger charge is 2.10. The summed E-state index contributed by atoms with van der Waals surface area (Å²) >= 11 is 7.09. The molecule has 0 aliphatic heterocycles. The molecule has 0 radical (unpaired) electrons. The summed E-state index contributed by atoms with van der Waals surface area (Å²) in [5.74, 6) is -0.589. The molecule has 5 nitrogen and oxygen atoms in total. The van der Waals surface area contributed by atoms with Gasteiger partial charge in [-0.3, -0.25) is 4.79 Å². The maximum Gasteiger partial charge on any atom is 0.226 e. The molecule has 1 aromatic carbocycles. The molecule has 0 aliphatic carbocycles. The van der Waals surface area contributed by atoms with Crippen molar-refractivity contribution in [2.24, 2.45) is 7.05 Å². The maximum absolute atomic E-state index is 13.2. The third kappa shape index (κ3) is 3.80. The van der Waals surface area contributed by atoms with Crippen LogP contribution in [0.15, 0.2) is 36.1 Å². The molecular weight excluding hydrogens is 351 g/mol. The number of hydrogen-bond acceptors (Lipinski definition) is 4. The van der Waals surface area contributed by atoms with Crippen LogP contribution in [0.5, 0.6) is 0 Å². The Morgan fingerprint density at radius 3 is 3.00 bits per heavy atom. The number of imidazole rings is 1. The summed E-state index contributed by atoms with van der Waals surface area (Å²) in [6.07, 6.45) is 4.40. The zero-order chi connectivity index (χ0) is 17.1. The van der Waals surface area contributed by atoms with Crippen LogP contribution in [0.1, 0.15) is 12.1 Å². The third-order valence-electron chi connectivity index (χ3n) is 3.49. The van der Waals surface area contributed by atoms with Gasteiger partial charge in [-0.15, -0.1) is 11.3 Å². The minimum Gasteiger partial charge on any atom is -0.338 e. The Morgan fingerprint density at radius 2 is 2.29 bits per heavy atom. The van der Waals surface area contributed by atoms with Crippen LogP contribution in [-0.2, 0) is 18.3 Å². The van der Waals surface area contributed by atoms with Gasteiger partial charge in [0.1, 0.15) is 5.82 Å². The normalized spacial score (nSPS) is 10.8. The van der Waals surface area contributed by atoms with Gasteiger partial charge >= 0.3 is 0 Å². The molecule has 8 heteroatoms. The van der Waals surface area contributed by atoms with Crippen molar-refractivity contribution in [2.45, 2.75) is 12.8 Å². The van der Waals surface area contributed by atoms with E-state index in [9.17, 15) is 9.18 Å². The lowest BCUT2D eigenvalue weighted by Crippen LogP contribution is -2.12. The number of aromatic nitrogens is 3. The van der Waals surface area contributed by atoms with Crippen LogP contribution in [0, 0.1) is 5.82 Å². The molecule has 0 spiro atoms. The van der Waals surface area contributed by atoms with Crippen molar-refractivity contribution in [1.29, 1.82) is 0 Å². The zero-order valence-electron chi connectivity index (χ0n) is 12.8. The number of nitrogens with zero attached hydrogens (tertiary/aromatic N) is 3. The minimum atomic E-state index is -0.473. The number of benzene rings is 1. The highest BCUT2D eigenvalue weighted by atomic mass is 35.5. The number of hydrogen-bond donors (Lipinski definition) is 1. The van der Waals surface area contributed by atoms with E-state index in [1.165, 1.54) is 23.5 Å². The van der Waals surface area contributed by atoms with Crippen molar-refractivity contribution >= 4 is 34.0 Å². The number of aryl methyl sites for hydroxylation is 2. The van der Waals surface area contributed by atoms with E-state index in [0.29, 0.717) is 29.2 Å². The lowest BCUT2D eigenvalue weighted by Gasteiger charge is -2.03. The number of thiazole rings is 1. The third-order valence-corrected chi connectivity index (χ3v) is 4.54. The second-order valence-corrected chi connectivity index (χ2v) is 6.48. The number of carbonyl (C=O) groups excluding carboxylic acids is 1. The lowest BCUT2D eigenvalue weighted by molar-refractivity contribution is -0.116. The molecule has 0 unspecified atom stereocenters. The van der Waals surface area contributed by atoms with Gasteiger partial charge in [0.2, 0.25) is 5.91 Å². The molecule has 1 N–H and O–H groups in total. The Balaban J connectivity index is 1.62. The fourth-order valence-electron chi connectivity index (χ4n) is 2.17. The van der Waals surface area contributed by atoms with Gasteiger partial charge in [-0.2, -0.15) is 0 Å². The molecule has 124 valence electrons. The molecule has 2 heterocycles. The highest BCUT2D eigenvalue weighted by molar-refractivity contribution is 7.14. The Hall–Kier alpha value is -2.25. The maximum atomic E-state index is 13.2. The fourth-order valence-corrected chi connectivity index (χ4v) is 3.08. The second kappa shape index (κ2) is 7.11. The number of carbonyl (C=O) groups is 1. The smallest absolute Gasteiger partial charge is 0.226 e. The monoisotopic (exact) mass is 364 g/mol. The first-order valence-electron chi connectivity index (χ1n) is 7.19. The topological polar surface area (TPSA) is 59.8 Å². The molecule has 1 amide bonds. The molecule has 24 heavy (non-hydrogen) atoms. The van der Waals surface area contributed by atoms with Gasteiger partial charge in [-0.25, -0.2) is 14.4 Å². The van der Waals surface area contributed by atoms with Crippen molar-refractivity contribution in [3.63, 3.8) is 0 Å². The second-order valence-electron chi connectivity index (χ2n) is 5.21. The fraction of sp³-hybridized carbons (Fsp3) is 0.188. The quantitative estimate of drug-likeness (QED) is 0.746. The van der Waals surface area contributed by atoms with Crippen LogP contribution < -0.4 is 5.32 Å². The van der Waals surface area contributed by atoms with Crippen molar-refractivity contribution in [3.05, 3.63) is 52.6 Å². The van der Waals surface area contributed by atoms with Crippen LogP contribution in [-0.4, -0.2) is 20.4 Å². The molecule has 0 saturated carbocycles. The van der Waals surface area contributed by atoms with Crippen LogP contribution in [0.3, 0.4) is 0 Å². The Morgan fingerprint density at radius 1 is 1.46 bits per heavy atom.